The molecule has 2 heteroatoms. The van der Waals surface area contributed by atoms with Gasteiger partial charge in [0, 0.05) is 17.8 Å². The van der Waals surface area contributed by atoms with Crippen molar-refractivity contribution in [1.82, 2.24) is 5.32 Å². The summed E-state index contributed by atoms with van der Waals surface area (Å²) < 4.78 is 0. The van der Waals surface area contributed by atoms with E-state index in [-0.39, 0.29) is 0 Å². The molecule has 2 aliphatic rings. The van der Waals surface area contributed by atoms with Crippen LogP contribution in [0.1, 0.15) is 46.0 Å². The zero-order valence-corrected chi connectivity index (χ0v) is 11.0. The molecule has 0 bridgehead atoms. The van der Waals surface area contributed by atoms with E-state index in [0.29, 0.717) is 0 Å². The van der Waals surface area contributed by atoms with Gasteiger partial charge in [-0.05, 0) is 49.7 Å². The number of hydrogen-bond acceptors (Lipinski definition) is 2. The lowest BCUT2D eigenvalue weighted by Gasteiger charge is -2.32. The first-order valence-electron chi connectivity index (χ1n) is 6.59. The fourth-order valence-corrected chi connectivity index (χ4v) is 4.43. The molecule has 1 aliphatic carbocycles. The molecule has 3 atom stereocenters. The van der Waals surface area contributed by atoms with Crippen molar-refractivity contribution >= 4 is 11.8 Å². The van der Waals surface area contributed by atoms with Gasteiger partial charge in [-0.3, -0.25) is 0 Å². The number of hydrogen-bond donors (Lipinski definition) is 1. The summed E-state index contributed by atoms with van der Waals surface area (Å²) in [5.74, 6) is 3.26. The molecule has 88 valence electrons. The Bertz CT molecular complexity index is 179. The van der Waals surface area contributed by atoms with Crippen molar-refractivity contribution in [3.8, 4) is 0 Å². The molecule has 1 heterocycles. The third-order valence-corrected chi connectivity index (χ3v) is 5.23. The summed E-state index contributed by atoms with van der Waals surface area (Å²) in [5, 5.41) is 4.72. The number of nitrogens with one attached hydrogen (secondary N) is 1. The first kappa shape index (κ1) is 11.8. The molecule has 2 rings (SSSR count). The fraction of sp³-hybridized carbons (Fsp3) is 1.00. The van der Waals surface area contributed by atoms with E-state index in [9.17, 15) is 0 Å². The predicted molar refractivity (Wildman–Crippen MR) is 69.4 cm³/mol. The highest BCUT2D eigenvalue weighted by Crippen LogP contribution is 2.30. The van der Waals surface area contributed by atoms with Crippen molar-refractivity contribution in [2.24, 2.45) is 11.8 Å². The van der Waals surface area contributed by atoms with Crippen LogP contribution in [-0.2, 0) is 0 Å². The third-order valence-electron chi connectivity index (χ3n) is 3.84. The Morgan fingerprint density at radius 3 is 2.47 bits per heavy atom. The van der Waals surface area contributed by atoms with Gasteiger partial charge in [-0.2, -0.15) is 11.8 Å². The van der Waals surface area contributed by atoms with Crippen molar-refractivity contribution in [2.75, 3.05) is 12.3 Å². The lowest BCUT2D eigenvalue weighted by Crippen LogP contribution is -2.39. The van der Waals surface area contributed by atoms with Gasteiger partial charge in [0.05, 0.1) is 0 Å². The summed E-state index contributed by atoms with van der Waals surface area (Å²) in [7, 11) is 0. The van der Waals surface area contributed by atoms with E-state index in [1.807, 2.05) is 0 Å². The molecule has 0 aromatic heterocycles. The summed E-state index contributed by atoms with van der Waals surface area (Å²) in [6.45, 7) is 6.08. The topological polar surface area (TPSA) is 12.0 Å². The standard InChI is InChI=1S/C13H25NS/c1-10-6-11(2)8-12(7-10)14-9-13-4-3-5-15-13/h10-14H,3-9H2,1-2H3. The average molecular weight is 227 g/mol. The van der Waals surface area contributed by atoms with Crippen LogP contribution >= 0.6 is 11.8 Å². The van der Waals surface area contributed by atoms with Crippen LogP contribution in [0.25, 0.3) is 0 Å². The summed E-state index contributed by atoms with van der Waals surface area (Å²) in [6, 6.07) is 0.810. The summed E-state index contributed by atoms with van der Waals surface area (Å²) in [6.07, 6.45) is 7.13. The molecule has 0 amide bonds. The van der Waals surface area contributed by atoms with E-state index >= 15 is 0 Å². The highest BCUT2D eigenvalue weighted by Gasteiger charge is 2.24. The molecular weight excluding hydrogens is 202 g/mol. The Kier molecular flexibility index (Phi) is 4.39. The van der Waals surface area contributed by atoms with Gasteiger partial charge in [0.1, 0.15) is 0 Å². The summed E-state index contributed by atoms with van der Waals surface area (Å²) >= 11 is 2.17. The maximum absolute atomic E-state index is 3.80. The van der Waals surface area contributed by atoms with Crippen LogP contribution in [0.4, 0.5) is 0 Å². The smallest absolute Gasteiger partial charge is 0.0172 e. The zero-order chi connectivity index (χ0) is 10.7. The molecule has 2 fully saturated rings. The van der Waals surface area contributed by atoms with Crippen LogP contribution in [0.3, 0.4) is 0 Å². The maximum Gasteiger partial charge on any atom is 0.0172 e. The first-order chi connectivity index (χ1) is 7.24. The first-order valence-corrected chi connectivity index (χ1v) is 7.64. The molecule has 1 nitrogen and oxygen atoms in total. The van der Waals surface area contributed by atoms with Crippen molar-refractivity contribution in [1.29, 1.82) is 0 Å². The second kappa shape index (κ2) is 5.58. The van der Waals surface area contributed by atoms with Gasteiger partial charge < -0.3 is 5.32 Å². The normalized spacial score (nSPS) is 42.0. The lowest BCUT2D eigenvalue weighted by molar-refractivity contribution is 0.239. The molecule has 0 spiro atoms. The molecule has 1 aliphatic heterocycles. The Morgan fingerprint density at radius 1 is 1.13 bits per heavy atom. The molecule has 0 radical (unpaired) electrons. The van der Waals surface area contributed by atoms with Gasteiger partial charge in [-0.25, -0.2) is 0 Å². The molecule has 0 aromatic carbocycles. The predicted octanol–water partition coefficient (Wildman–Crippen LogP) is 3.30. The minimum Gasteiger partial charge on any atom is -0.313 e. The minimum absolute atomic E-state index is 0.810. The van der Waals surface area contributed by atoms with Gasteiger partial charge in [0.2, 0.25) is 0 Å². The highest BCUT2D eigenvalue weighted by molar-refractivity contribution is 8.00. The Labute approximate surface area is 98.8 Å². The SMILES string of the molecule is CC1CC(C)CC(NCC2CCCS2)C1. The second-order valence-electron chi connectivity index (χ2n) is 5.66. The lowest BCUT2D eigenvalue weighted by atomic mass is 9.80. The van der Waals surface area contributed by atoms with Crippen molar-refractivity contribution in [3.63, 3.8) is 0 Å². The fourth-order valence-electron chi connectivity index (χ4n) is 3.22. The largest absolute Gasteiger partial charge is 0.313 e. The van der Waals surface area contributed by atoms with E-state index in [1.54, 1.807) is 0 Å². The number of thioether (sulfide) groups is 1. The Morgan fingerprint density at radius 2 is 1.87 bits per heavy atom. The van der Waals surface area contributed by atoms with Crippen molar-refractivity contribution in [2.45, 2.75) is 57.2 Å². The van der Waals surface area contributed by atoms with E-state index in [0.717, 1.165) is 23.1 Å². The van der Waals surface area contributed by atoms with E-state index < -0.39 is 0 Å². The van der Waals surface area contributed by atoms with E-state index in [4.69, 9.17) is 0 Å². The van der Waals surface area contributed by atoms with Gasteiger partial charge in [0.25, 0.3) is 0 Å². The quantitative estimate of drug-likeness (QED) is 0.794. The van der Waals surface area contributed by atoms with Crippen LogP contribution in [0, 0.1) is 11.8 Å². The van der Waals surface area contributed by atoms with Crippen LogP contribution in [0.15, 0.2) is 0 Å². The molecule has 1 saturated carbocycles. The molecule has 1 saturated heterocycles. The minimum atomic E-state index is 0.810. The van der Waals surface area contributed by atoms with Crippen LogP contribution in [0.2, 0.25) is 0 Å². The van der Waals surface area contributed by atoms with Crippen LogP contribution < -0.4 is 5.32 Å². The maximum atomic E-state index is 3.80. The zero-order valence-electron chi connectivity index (χ0n) is 10.2. The van der Waals surface area contributed by atoms with Gasteiger partial charge in [-0.1, -0.05) is 13.8 Å². The van der Waals surface area contributed by atoms with Gasteiger partial charge in [0.15, 0.2) is 0 Å². The molecule has 1 N–H and O–H groups in total. The highest BCUT2D eigenvalue weighted by atomic mass is 32.2. The molecule has 0 aromatic rings. The second-order valence-corrected chi connectivity index (χ2v) is 7.07. The Hall–Kier alpha value is 0.310. The average Bonchev–Trinajstić information content (AvgIpc) is 2.65. The van der Waals surface area contributed by atoms with Crippen LogP contribution in [0.5, 0.6) is 0 Å². The van der Waals surface area contributed by atoms with Crippen molar-refractivity contribution in [3.05, 3.63) is 0 Å². The van der Waals surface area contributed by atoms with E-state index in [2.05, 4.69) is 30.9 Å². The monoisotopic (exact) mass is 227 g/mol. The molecule has 3 unspecified atom stereocenters. The third kappa shape index (κ3) is 3.67. The van der Waals surface area contributed by atoms with Crippen molar-refractivity contribution < 1.29 is 0 Å². The van der Waals surface area contributed by atoms with E-state index in [1.165, 1.54) is 44.4 Å². The summed E-state index contributed by atoms with van der Waals surface area (Å²) in [4.78, 5) is 0. The molecular formula is C13H25NS. The summed E-state index contributed by atoms with van der Waals surface area (Å²) in [5.41, 5.74) is 0. The number of rotatable bonds is 3. The van der Waals surface area contributed by atoms with Gasteiger partial charge >= 0.3 is 0 Å². The molecule has 15 heavy (non-hydrogen) atoms. The van der Waals surface area contributed by atoms with Crippen LogP contribution in [-0.4, -0.2) is 23.6 Å². The Balaban J connectivity index is 1.69. The van der Waals surface area contributed by atoms with Gasteiger partial charge in [-0.15, -0.1) is 0 Å².